The number of fused-ring (bicyclic) bond motifs is 2. The molecule has 2 aromatic carbocycles. The minimum Gasteiger partial charge on any atom is -0.457 e. The molecule has 1 aliphatic heterocycles. The van der Waals surface area contributed by atoms with Gasteiger partial charge in [-0.2, -0.15) is 0 Å². The van der Waals surface area contributed by atoms with Gasteiger partial charge >= 0.3 is 5.97 Å². The molecular formula is C27H25N3O6. The predicted molar refractivity (Wildman–Crippen MR) is 132 cm³/mol. The number of rotatable bonds is 8. The van der Waals surface area contributed by atoms with Crippen molar-refractivity contribution in [2.45, 2.75) is 33.2 Å². The van der Waals surface area contributed by atoms with Crippen LogP contribution >= 0.6 is 0 Å². The summed E-state index contributed by atoms with van der Waals surface area (Å²) in [6.45, 7) is 4.23. The fourth-order valence-corrected chi connectivity index (χ4v) is 4.32. The number of ether oxygens (including phenoxy) is 3. The lowest BCUT2D eigenvalue weighted by atomic mass is 10.1. The number of esters is 1. The molecule has 0 amide bonds. The molecule has 2 aromatic heterocycles. The number of H-pyrrole nitrogens is 1. The largest absolute Gasteiger partial charge is 0.457 e. The highest BCUT2D eigenvalue weighted by atomic mass is 16.7. The van der Waals surface area contributed by atoms with Crippen molar-refractivity contribution < 1.29 is 23.8 Å². The van der Waals surface area contributed by atoms with Crippen LogP contribution in [0.15, 0.2) is 53.3 Å². The van der Waals surface area contributed by atoms with E-state index in [2.05, 4.69) is 9.97 Å². The first-order valence-electron chi connectivity index (χ1n) is 11.6. The monoisotopic (exact) mass is 487 g/mol. The molecule has 0 atom stereocenters. The van der Waals surface area contributed by atoms with Crippen LogP contribution in [0.25, 0.3) is 10.9 Å². The van der Waals surface area contributed by atoms with Crippen LogP contribution in [0.2, 0.25) is 0 Å². The van der Waals surface area contributed by atoms with Gasteiger partial charge in [-0.25, -0.2) is 4.98 Å². The second-order valence-electron chi connectivity index (χ2n) is 8.67. The smallest absolute Gasteiger partial charge is 0.306 e. The van der Waals surface area contributed by atoms with Gasteiger partial charge in [0.2, 0.25) is 12.6 Å². The highest BCUT2D eigenvalue weighted by Gasteiger charge is 2.19. The van der Waals surface area contributed by atoms with Crippen molar-refractivity contribution in [1.82, 2.24) is 14.5 Å². The van der Waals surface area contributed by atoms with Gasteiger partial charge in [-0.05, 0) is 49.7 Å². The molecule has 184 valence electrons. The Labute approximate surface area is 206 Å². The highest BCUT2D eigenvalue weighted by molar-refractivity contribution is 5.99. The molecule has 0 radical (unpaired) electrons. The fourth-order valence-electron chi connectivity index (χ4n) is 4.32. The van der Waals surface area contributed by atoms with Gasteiger partial charge in [-0.1, -0.05) is 18.2 Å². The molecule has 0 unspecified atom stereocenters. The second-order valence-corrected chi connectivity index (χ2v) is 8.67. The number of para-hydroxylation sites is 1. The van der Waals surface area contributed by atoms with Crippen molar-refractivity contribution in [3.05, 3.63) is 87.2 Å². The maximum absolute atomic E-state index is 12.8. The fraction of sp³-hybridized carbons (Fsp3) is 0.259. The molecule has 9 nitrogen and oxygen atoms in total. The van der Waals surface area contributed by atoms with Gasteiger partial charge in [0.05, 0.1) is 17.3 Å². The number of Topliss-reactive ketones (excluding diaryl/α,β-unsaturated/α-hetero) is 1. The summed E-state index contributed by atoms with van der Waals surface area (Å²) in [5, 5.41) is 0.491. The topological polar surface area (TPSA) is 113 Å². The Morgan fingerprint density at radius 2 is 1.89 bits per heavy atom. The highest BCUT2D eigenvalue weighted by Crippen LogP contribution is 2.33. The van der Waals surface area contributed by atoms with Gasteiger partial charge in [0.25, 0.3) is 5.56 Å². The summed E-state index contributed by atoms with van der Waals surface area (Å²) in [4.78, 5) is 44.3. The molecule has 5 rings (SSSR count). The van der Waals surface area contributed by atoms with Crippen molar-refractivity contribution in [2.75, 3.05) is 13.4 Å². The van der Waals surface area contributed by atoms with E-state index in [-0.39, 0.29) is 37.6 Å². The van der Waals surface area contributed by atoms with Crippen LogP contribution < -0.4 is 15.0 Å². The molecule has 3 heterocycles. The van der Waals surface area contributed by atoms with Crippen molar-refractivity contribution in [2.24, 2.45) is 0 Å². The number of aromatic amines is 1. The average molecular weight is 488 g/mol. The van der Waals surface area contributed by atoms with E-state index >= 15 is 0 Å². The molecule has 0 aliphatic carbocycles. The Morgan fingerprint density at radius 3 is 2.75 bits per heavy atom. The van der Waals surface area contributed by atoms with Crippen molar-refractivity contribution in [3.63, 3.8) is 0 Å². The summed E-state index contributed by atoms with van der Waals surface area (Å²) in [7, 11) is 0. The SMILES string of the molecule is Cc1cc(C(=O)COC(=O)CCc2nc3ccccc3c(=O)[nH]2)c(C)n1Cc1ccc2c(c1)OCO2. The van der Waals surface area contributed by atoms with E-state index in [9.17, 15) is 14.4 Å². The number of hydrogen-bond acceptors (Lipinski definition) is 7. The molecule has 4 aromatic rings. The number of hydrogen-bond donors (Lipinski definition) is 1. The minimum atomic E-state index is -0.534. The molecule has 0 saturated heterocycles. The maximum atomic E-state index is 12.8. The number of benzene rings is 2. The van der Waals surface area contributed by atoms with Gasteiger partial charge in [-0.3, -0.25) is 14.4 Å². The molecule has 1 aliphatic rings. The minimum absolute atomic E-state index is 0.00229. The van der Waals surface area contributed by atoms with Crippen LogP contribution in [0.4, 0.5) is 0 Å². The Hall–Kier alpha value is -4.40. The second kappa shape index (κ2) is 9.69. The van der Waals surface area contributed by atoms with Gasteiger partial charge in [-0.15, -0.1) is 0 Å². The molecule has 0 fully saturated rings. The molecule has 1 N–H and O–H groups in total. The Kier molecular flexibility index (Phi) is 6.28. The lowest BCUT2D eigenvalue weighted by Crippen LogP contribution is -2.17. The number of carbonyl (C=O) groups excluding carboxylic acids is 2. The molecular weight excluding hydrogens is 462 g/mol. The van der Waals surface area contributed by atoms with Crippen molar-refractivity contribution >= 4 is 22.7 Å². The summed E-state index contributed by atoms with van der Waals surface area (Å²) in [5.41, 5.74) is 3.56. The van der Waals surface area contributed by atoms with Crippen LogP contribution in [0.1, 0.15) is 39.6 Å². The normalized spacial score (nSPS) is 12.2. The van der Waals surface area contributed by atoms with Crippen LogP contribution in [0.3, 0.4) is 0 Å². The average Bonchev–Trinajstić information content (AvgIpc) is 3.45. The van der Waals surface area contributed by atoms with E-state index in [4.69, 9.17) is 14.2 Å². The third kappa shape index (κ3) is 4.72. The van der Waals surface area contributed by atoms with Crippen LogP contribution in [-0.2, 0) is 22.5 Å². The van der Waals surface area contributed by atoms with E-state index < -0.39 is 5.97 Å². The third-order valence-corrected chi connectivity index (χ3v) is 6.24. The van der Waals surface area contributed by atoms with Gasteiger partial charge in [0.15, 0.2) is 18.1 Å². The molecule has 0 bridgehead atoms. The standard InChI is InChI=1S/C27H25N3O6/c1-16-11-20(17(2)30(16)13-18-7-8-23-24(12-18)36-15-35-23)22(31)14-34-26(32)10-9-25-28-21-6-4-3-5-19(21)27(33)29-25/h3-8,11-12H,9-10,13-15H2,1-2H3,(H,28,29,33). The van der Waals surface area contributed by atoms with Gasteiger partial charge in [0, 0.05) is 29.9 Å². The molecule has 0 spiro atoms. The Morgan fingerprint density at radius 1 is 1.08 bits per heavy atom. The van der Waals surface area contributed by atoms with Gasteiger partial charge < -0.3 is 23.8 Å². The molecule has 0 saturated carbocycles. The van der Waals surface area contributed by atoms with Crippen LogP contribution in [0, 0.1) is 13.8 Å². The zero-order valence-electron chi connectivity index (χ0n) is 20.0. The lowest BCUT2D eigenvalue weighted by Gasteiger charge is -2.11. The first-order chi connectivity index (χ1) is 17.4. The quantitative estimate of drug-likeness (QED) is 0.299. The van der Waals surface area contributed by atoms with Gasteiger partial charge in [0.1, 0.15) is 5.82 Å². The summed E-state index contributed by atoms with van der Waals surface area (Å²) in [6, 6.07) is 14.6. The number of aryl methyl sites for hydroxylation is 2. The number of carbonyl (C=O) groups is 2. The maximum Gasteiger partial charge on any atom is 0.306 e. The van der Waals surface area contributed by atoms with E-state index in [1.807, 2.05) is 42.7 Å². The zero-order chi connectivity index (χ0) is 25.2. The first kappa shape index (κ1) is 23.3. The number of nitrogens with zero attached hydrogens (tertiary/aromatic N) is 2. The van der Waals surface area contributed by atoms with Crippen LogP contribution in [-0.4, -0.2) is 39.7 Å². The Bertz CT molecular complexity index is 1530. The molecule has 9 heteroatoms. The predicted octanol–water partition coefficient (Wildman–Crippen LogP) is 3.48. The zero-order valence-corrected chi connectivity index (χ0v) is 20.0. The number of ketones is 1. The van der Waals surface area contributed by atoms with Crippen molar-refractivity contribution in [1.29, 1.82) is 0 Å². The van der Waals surface area contributed by atoms with E-state index in [0.717, 1.165) is 22.7 Å². The lowest BCUT2D eigenvalue weighted by molar-refractivity contribution is -0.142. The van der Waals surface area contributed by atoms with Crippen molar-refractivity contribution in [3.8, 4) is 11.5 Å². The third-order valence-electron chi connectivity index (χ3n) is 6.24. The summed E-state index contributed by atoms with van der Waals surface area (Å²) < 4.78 is 18.1. The van der Waals surface area contributed by atoms with E-state index in [0.29, 0.717) is 34.6 Å². The molecule has 36 heavy (non-hydrogen) atoms. The number of nitrogens with one attached hydrogen (secondary N) is 1. The summed E-state index contributed by atoms with van der Waals surface area (Å²) >= 11 is 0. The Balaban J connectivity index is 1.19. The van der Waals surface area contributed by atoms with E-state index in [1.165, 1.54) is 0 Å². The summed E-state index contributed by atoms with van der Waals surface area (Å²) in [6.07, 6.45) is 0.203. The van der Waals surface area contributed by atoms with Crippen LogP contribution in [0.5, 0.6) is 11.5 Å². The van der Waals surface area contributed by atoms with E-state index in [1.54, 1.807) is 24.3 Å². The summed E-state index contributed by atoms with van der Waals surface area (Å²) in [5.74, 6) is 1.02. The first-order valence-corrected chi connectivity index (χ1v) is 11.6. The number of aromatic nitrogens is 3.